The summed E-state index contributed by atoms with van der Waals surface area (Å²) in [7, 11) is 0. The Morgan fingerprint density at radius 2 is 1.85 bits per heavy atom. The molecule has 0 radical (unpaired) electrons. The Balaban J connectivity index is 1.36. The van der Waals surface area contributed by atoms with Crippen LogP contribution in [0, 0.1) is 5.82 Å². The predicted octanol–water partition coefficient (Wildman–Crippen LogP) is 3.22. The zero-order valence-corrected chi connectivity index (χ0v) is 20.9. The minimum absolute atomic E-state index is 0.181. The number of aromatic nitrogens is 4. The van der Waals surface area contributed by atoms with E-state index in [1.54, 1.807) is 11.5 Å². The molecule has 4 heterocycles. The number of aromatic carboxylic acids is 1. The average molecular weight is 551 g/mol. The molecule has 4 aromatic rings. The fraction of sp³-hybridized carbons (Fsp3) is 0.269. The van der Waals surface area contributed by atoms with E-state index in [2.05, 4.69) is 25.6 Å². The van der Waals surface area contributed by atoms with Crippen molar-refractivity contribution in [1.82, 2.24) is 24.8 Å². The van der Waals surface area contributed by atoms with Gasteiger partial charge in [0.05, 0.1) is 6.33 Å². The first kappa shape index (κ1) is 25.6. The maximum absolute atomic E-state index is 14.7. The number of benzene rings is 2. The molecule has 0 spiro atoms. The molecular formula is C26H23FN6O7. The number of carbonyl (C=O) groups excluding carboxylic acids is 1. The van der Waals surface area contributed by atoms with E-state index in [-0.39, 0.29) is 11.4 Å². The Bertz CT molecular complexity index is 1570. The van der Waals surface area contributed by atoms with Crippen LogP contribution >= 0.6 is 0 Å². The van der Waals surface area contributed by atoms with Gasteiger partial charge in [-0.05, 0) is 19.1 Å². The van der Waals surface area contributed by atoms with Crippen molar-refractivity contribution in [3.05, 3.63) is 78.1 Å². The standard InChI is InChI=1S/C26H23FN6O7/c1-2-28-26(36)32-20-16-21(30-11-29-20)33(12-31-16)22-18-19(39-24(38-18)13-7-4-3-5-8-13)25(40-22)37-17-14(23(34)35)9-6-10-15(17)27/h3-12,18-19,22,24-25H,2H2,1H3,(H,34,35)(H2,28,29,30,32,36)/t18?,19?,22?,24-,25?/m1/s1. The number of carboxylic acid groups (broad SMARTS) is 1. The number of carboxylic acids is 1. The molecule has 2 saturated heterocycles. The Morgan fingerprint density at radius 1 is 1.05 bits per heavy atom. The molecule has 2 aliphatic heterocycles. The van der Waals surface area contributed by atoms with Crippen LogP contribution in [-0.2, 0) is 14.2 Å². The molecule has 0 saturated carbocycles. The van der Waals surface area contributed by atoms with Gasteiger partial charge in [-0.25, -0.2) is 28.9 Å². The van der Waals surface area contributed by atoms with Crippen LogP contribution in [0.15, 0.2) is 61.2 Å². The van der Waals surface area contributed by atoms with Crippen molar-refractivity contribution < 1.29 is 38.0 Å². The number of carbonyl (C=O) groups is 2. The fourth-order valence-corrected chi connectivity index (χ4v) is 4.65. The molecule has 0 aliphatic carbocycles. The number of hydrogen-bond donors (Lipinski definition) is 3. The van der Waals surface area contributed by atoms with Crippen LogP contribution in [0.1, 0.15) is 35.4 Å². The van der Waals surface area contributed by atoms with Crippen molar-refractivity contribution in [2.45, 2.75) is 37.9 Å². The van der Waals surface area contributed by atoms with Gasteiger partial charge in [-0.1, -0.05) is 36.4 Å². The van der Waals surface area contributed by atoms with Crippen LogP contribution in [0.4, 0.5) is 15.0 Å². The third-order valence-corrected chi connectivity index (χ3v) is 6.41. The number of imidazole rings is 1. The van der Waals surface area contributed by atoms with Crippen molar-refractivity contribution in [3.63, 3.8) is 0 Å². The predicted molar refractivity (Wildman–Crippen MR) is 135 cm³/mol. The van der Waals surface area contributed by atoms with E-state index in [4.69, 9.17) is 18.9 Å². The van der Waals surface area contributed by atoms with Crippen molar-refractivity contribution in [2.24, 2.45) is 0 Å². The van der Waals surface area contributed by atoms with E-state index >= 15 is 0 Å². The van der Waals surface area contributed by atoms with Gasteiger partial charge in [0.2, 0.25) is 6.29 Å². The van der Waals surface area contributed by atoms with Crippen LogP contribution in [0.3, 0.4) is 0 Å². The molecule has 2 amide bonds. The molecule has 6 rings (SSSR count). The summed E-state index contributed by atoms with van der Waals surface area (Å²) in [6.07, 6.45) is -1.96. The van der Waals surface area contributed by atoms with Gasteiger partial charge in [-0.15, -0.1) is 0 Å². The summed E-state index contributed by atoms with van der Waals surface area (Å²) < 4.78 is 40.7. The van der Waals surface area contributed by atoms with Gasteiger partial charge in [-0.2, -0.15) is 0 Å². The second-order valence-corrected chi connectivity index (χ2v) is 8.91. The van der Waals surface area contributed by atoms with Gasteiger partial charge in [0, 0.05) is 12.1 Å². The van der Waals surface area contributed by atoms with Crippen LogP contribution in [0.2, 0.25) is 0 Å². The van der Waals surface area contributed by atoms with E-state index in [9.17, 15) is 19.1 Å². The van der Waals surface area contributed by atoms with E-state index in [1.165, 1.54) is 24.8 Å². The second kappa shape index (κ2) is 10.5. The van der Waals surface area contributed by atoms with E-state index in [1.807, 2.05) is 30.3 Å². The highest BCUT2D eigenvalue weighted by molar-refractivity contribution is 5.95. The highest BCUT2D eigenvalue weighted by atomic mass is 19.1. The second-order valence-electron chi connectivity index (χ2n) is 8.91. The van der Waals surface area contributed by atoms with Gasteiger partial charge < -0.3 is 29.4 Å². The SMILES string of the molecule is CCNC(=O)Nc1ncnc2c1ncn2C1OC(Oc2c(F)cccc2C(=O)O)C2O[C@H](c3ccccc3)OC21. The summed E-state index contributed by atoms with van der Waals surface area (Å²) in [6.45, 7) is 2.20. The summed E-state index contributed by atoms with van der Waals surface area (Å²) in [5, 5.41) is 14.8. The van der Waals surface area contributed by atoms with E-state index in [0.717, 1.165) is 11.6 Å². The van der Waals surface area contributed by atoms with Crippen molar-refractivity contribution >= 4 is 29.0 Å². The molecule has 14 heteroatoms. The minimum Gasteiger partial charge on any atom is -0.478 e. The molecule has 2 aliphatic rings. The number of nitrogens with one attached hydrogen (secondary N) is 2. The lowest BCUT2D eigenvalue weighted by atomic mass is 10.2. The summed E-state index contributed by atoms with van der Waals surface area (Å²) >= 11 is 0. The molecule has 2 aromatic heterocycles. The number of ether oxygens (including phenoxy) is 4. The third kappa shape index (κ3) is 4.57. The molecule has 206 valence electrons. The van der Waals surface area contributed by atoms with Crippen LogP contribution in [0.25, 0.3) is 11.2 Å². The van der Waals surface area contributed by atoms with Crippen molar-refractivity contribution in [3.8, 4) is 5.75 Å². The molecule has 2 aromatic carbocycles. The number of nitrogens with zero attached hydrogens (tertiary/aromatic N) is 4. The largest absolute Gasteiger partial charge is 0.478 e. The number of halogens is 1. The first-order chi connectivity index (χ1) is 19.4. The Morgan fingerprint density at radius 3 is 2.62 bits per heavy atom. The van der Waals surface area contributed by atoms with Crippen LogP contribution in [-0.4, -0.2) is 61.7 Å². The normalized spacial score (nSPS) is 23.6. The van der Waals surface area contributed by atoms with Gasteiger partial charge in [0.25, 0.3) is 0 Å². The maximum atomic E-state index is 14.7. The smallest absolute Gasteiger partial charge is 0.339 e. The molecule has 3 N–H and O–H groups in total. The zero-order valence-electron chi connectivity index (χ0n) is 20.9. The van der Waals surface area contributed by atoms with Gasteiger partial charge in [0.15, 0.2) is 47.2 Å². The molecule has 2 fully saturated rings. The first-order valence-electron chi connectivity index (χ1n) is 12.4. The molecule has 4 unspecified atom stereocenters. The zero-order chi connectivity index (χ0) is 27.8. The van der Waals surface area contributed by atoms with Gasteiger partial charge in [0.1, 0.15) is 18.0 Å². The number of amides is 2. The minimum atomic E-state index is -1.37. The number of rotatable bonds is 7. The molecule has 5 atom stereocenters. The number of hydrogen-bond acceptors (Lipinski definition) is 9. The number of anilines is 1. The Labute approximate surface area is 225 Å². The lowest BCUT2D eigenvalue weighted by molar-refractivity contribution is -0.190. The maximum Gasteiger partial charge on any atom is 0.339 e. The summed E-state index contributed by atoms with van der Waals surface area (Å²) in [4.78, 5) is 36.6. The number of urea groups is 1. The summed E-state index contributed by atoms with van der Waals surface area (Å²) in [5.41, 5.74) is 0.968. The van der Waals surface area contributed by atoms with Crippen LogP contribution < -0.4 is 15.4 Å². The van der Waals surface area contributed by atoms with Gasteiger partial charge >= 0.3 is 12.0 Å². The fourth-order valence-electron chi connectivity index (χ4n) is 4.65. The van der Waals surface area contributed by atoms with Crippen LogP contribution in [0.5, 0.6) is 5.75 Å². The highest BCUT2D eigenvalue weighted by Gasteiger charge is 2.56. The first-order valence-corrected chi connectivity index (χ1v) is 12.4. The lowest BCUT2D eigenvalue weighted by Crippen LogP contribution is -2.33. The quantitative estimate of drug-likeness (QED) is 0.312. The number of fused-ring (bicyclic) bond motifs is 2. The van der Waals surface area contributed by atoms with E-state index in [0.29, 0.717) is 17.7 Å². The number of para-hydroxylation sites is 1. The van der Waals surface area contributed by atoms with Crippen molar-refractivity contribution in [2.75, 3.05) is 11.9 Å². The summed E-state index contributed by atoms with van der Waals surface area (Å²) in [5.74, 6) is -2.54. The Hall–Kier alpha value is -4.66. The summed E-state index contributed by atoms with van der Waals surface area (Å²) in [6, 6.07) is 12.3. The van der Waals surface area contributed by atoms with Crippen molar-refractivity contribution in [1.29, 1.82) is 0 Å². The Kier molecular flexibility index (Phi) is 6.71. The molecule has 0 bridgehead atoms. The van der Waals surface area contributed by atoms with Gasteiger partial charge in [-0.3, -0.25) is 9.88 Å². The van der Waals surface area contributed by atoms with E-state index < -0.39 is 54.6 Å². The third-order valence-electron chi connectivity index (χ3n) is 6.41. The molecule has 13 nitrogen and oxygen atoms in total. The molecule has 40 heavy (non-hydrogen) atoms. The topological polar surface area (TPSA) is 159 Å². The molecular weight excluding hydrogens is 527 g/mol. The highest BCUT2D eigenvalue weighted by Crippen LogP contribution is 2.45. The average Bonchev–Trinajstić information content (AvgIpc) is 3.65. The lowest BCUT2D eigenvalue weighted by Gasteiger charge is -2.22. The monoisotopic (exact) mass is 550 g/mol.